The third-order valence-corrected chi connectivity index (χ3v) is 0. The van der Waals surface area contributed by atoms with E-state index in [1.807, 2.05) is 0 Å². The zero-order valence-electron chi connectivity index (χ0n) is 3.55. The van der Waals surface area contributed by atoms with E-state index in [1.165, 1.54) is 0 Å². The van der Waals surface area contributed by atoms with E-state index in [-0.39, 0.29) is 19.5 Å². The number of carbonyl (C=O) groups excluding carboxylic acids is 1. The van der Waals surface area contributed by atoms with Crippen LogP contribution >= 0.6 is 10.1 Å². The van der Waals surface area contributed by atoms with Gasteiger partial charge in [-0.25, -0.2) is 0 Å². The van der Waals surface area contributed by atoms with E-state index in [2.05, 4.69) is 10.1 Å². The van der Waals surface area contributed by atoms with Crippen molar-refractivity contribution >= 4 is 16.3 Å². The predicted molar refractivity (Wildman–Crippen MR) is 13.0 cm³/mol. The van der Waals surface area contributed by atoms with Crippen molar-refractivity contribution in [3.05, 3.63) is 0 Å². The molecule has 0 saturated carbocycles. The summed E-state index contributed by atoms with van der Waals surface area (Å²) in [6, 6.07) is 0. The molecular weight excluding hydrogens is 223 g/mol. The van der Waals surface area contributed by atoms with Gasteiger partial charge in [0.25, 0.3) is 0 Å². The molecule has 3 nitrogen and oxygen atoms in total. The first-order chi connectivity index (χ1) is 2.73. The number of rotatable bonds is 0. The molecule has 0 unspecified atom stereocenters. The summed E-state index contributed by atoms with van der Waals surface area (Å²) in [7, 11) is 4.21. The first-order valence-corrected chi connectivity index (χ1v) is 5.11. The third-order valence-electron chi connectivity index (χ3n) is 0. The van der Waals surface area contributed by atoms with Crippen LogP contribution in [-0.2, 0) is 36.0 Å². The first kappa shape index (κ1) is 15.6. The van der Waals surface area contributed by atoms with Crippen LogP contribution in [0, 0.1) is 0 Å². The Morgan fingerprint density at radius 2 is 1.43 bits per heavy atom. The Bertz CT molecular complexity index is 44.2. The minimum absolute atomic E-state index is 0. The predicted octanol–water partition coefficient (Wildman–Crippen LogP) is -1.80. The summed E-state index contributed by atoms with van der Waals surface area (Å²) >= 11 is 0.958. The summed E-state index contributed by atoms with van der Waals surface area (Å²) in [6.07, 6.45) is -2.33. The van der Waals surface area contributed by atoms with Crippen LogP contribution in [0.2, 0.25) is 0 Å². The average Bonchev–Trinajstić information content (AvgIpc) is 1.41. The maximum Gasteiger partial charge on any atom is 2.00 e. The summed E-state index contributed by atoms with van der Waals surface area (Å²) in [5, 5.41) is 16.7. The molecule has 32 valence electrons. The molecule has 0 aliphatic rings. The molecule has 0 amide bonds. The van der Waals surface area contributed by atoms with Gasteiger partial charge in [-0.05, 0) is 6.16 Å². The van der Waals surface area contributed by atoms with Gasteiger partial charge >= 0.3 is 46.1 Å². The van der Waals surface area contributed by atoms with Crippen LogP contribution < -0.4 is 10.2 Å². The van der Waals surface area contributed by atoms with Crippen molar-refractivity contribution in [3.8, 4) is 0 Å². The number of hydrogen-bond acceptors (Lipinski definition) is 4. The van der Waals surface area contributed by atoms with Crippen molar-refractivity contribution in [2.45, 2.75) is 0 Å². The minimum atomic E-state index is -2.33. The molecule has 0 spiro atoms. The van der Waals surface area contributed by atoms with Crippen LogP contribution in [0.5, 0.6) is 0 Å². The van der Waals surface area contributed by atoms with Crippen LogP contribution in [0.15, 0.2) is 0 Å². The summed E-state index contributed by atoms with van der Waals surface area (Å²) in [6.45, 7) is 0. The molecule has 0 bridgehead atoms. The number of carboxylic acid groups (broad SMARTS) is 2. The van der Waals surface area contributed by atoms with Gasteiger partial charge < -0.3 is 15.0 Å². The molecule has 0 aromatic heterocycles. The monoisotopic (exact) mass is 220 g/mol. The molecular formula is CO3SZn2. The van der Waals surface area contributed by atoms with E-state index < -0.39 is 6.16 Å². The normalized spacial score (nSPS) is 4.29. The number of carbonyl (C=O) groups is 1. The van der Waals surface area contributed by atoms with Gasteiger partial charge in [-0.2, -0.15) is 0 Å². The van der Waals surface area contributed by atoms with Crippen LogP contribution in [0.25, 0.3) is 0 Å². The third kappa shape index (κ3) is 278. The van der Waals surface area contributed by atoms with Gasteiger partial charge in [0.05, 0.1) is 0 Å². The molecule has 0 saturated heterocycles. The summed E-state index contributed by atoms with van der Waals surface area (Å²) in [5.74, 6) is 0. The standard InChI is InChI=1S/CH2O3.S.2Zn/c2-1(3)4;;;/h(H2,2,3,4);;;/q;;;+2/p-2. The van der Waals surface area contributed by atoms with Crippen LogP contribution in [0.3, 0.4) is 0 Å². The molecule has 0 radical (unpaired) electrons. The molecule has 0 atom stereocenters. The van der Waals surface area contributed by atoms with Gasteiger partial charge in [0, 0.05) is 0 Å². The fraction of sp³-hybridized carbons (Fsp3) is 0. The minimum Gasteiger partial charge on any atom is 2.00 e. The Hall–Kier alpha value is 0.737. The maximum absolute atomic E-state index is 8.33. The zero-order chi connectivity index (χ0) is 5.58. The second kappa shape index (κ2) is 15.9. The van der Waals surface area contributed by atoms with Crippen molar-refractivity contribution in [2.24, 2.45) is 0 Å². The largest absolute Gasteiger partial charge is 2.00 e. The van der Waals surface area contributed by atoms with Gasteiger partial charge in [-0.15, -0.1) is 0 Å². The second-order valence-electron chi connectivity index (χ2n) is 0.250. The first-order valence-electron chi connectivity index (χ1n) is 0.901. The molecule has 0 heterocycles. The van der Waals surface area contributed by atoms with Gasteiger partial charge in [0.15, 0.2) is 0 Å². The van der Waals surface area contributed by atoms with E-state index in [0.717, 1.165) is 16.6 Å². The Morgan fingerprint density at radius 1 is 1.43 bits per heavy atom. The van der Waals surface area contributed by atoms with Crippen LogP contribution in [-0.4, -0.2) is 6.16 Å². The molecule has 7 heavy (non-hydrogen) atoms. The second-order valence-corrected chi connectivity index (χ2v) is 0.250. The topological polar surface area (TPSA) is 63.2 Å². The molecule has 0 fully saturated rings. The molecule has 0 aliphatic carbocycles. The maximum atomic E-state index is 8.33. The van der Waals surface area contributed by atoms with Crippen molar-refractivity contribution in [2.75, 3.05) is 0 Å². The van der Waals surface area contributed by atoms with Gasteiger partial charge in [0.2, 0.25) is 0 Å². The van der Waals surface area contributed by atoms with Crippen LogP contribution in [0.1, 0.15) is 0 Å². The molecule has 0 aliphatic heterocycles. The zero-order valence-corrected chi connectivity index (χ0v) is 10.3. The molecule has 0 rings (SSSR count). The molecule has 0 N–H and O–H groups in total. The Kier molecular flexibility index (Phi) is 35.5. The van der Waals surface area contributed by atoms with E-state index in [0.29, 0.717) is 0 Å². The Labute approximate surface area is 67.1 Å². The average molecular weight is 223 g/mol. The smallest absolute Gasteiger partial charge is 2.00 e. The fourth-order valence-electron chi connectivity index (χ4n) is 0. The van der Waals surface area contributed by atoms with E-state index in [4.69, 9.17) is 15.0 Å². The molecule has 6 heteroatoms. The summed E-state index contributed by atoms with van der Waals surface area (Å²) < 4.78 is 0. The van der Waals surface area contributed by atoms with Gasteiger partial charge in [-0.3, -0.25) is 0 Å². The van der Waals surface area contributed by atoms with Crippen LogP contribution in [0.4, 0.5) is 4.79 Å². The van der Waals surface area contributed by atoms with E-state index >= 15 is 0 Å². The van der Waals surface area contributed by atoms with Crippen molar-refractivity contribution in [1.29, 1.82) is 0 Å². The van der Waals surface area contributed by atoms with Crippen molar-refractivity contribution < 1.29 is 51.0 Å². The summed E-state index contributed by atoms with van der Waals surface area (Å²) in [4.78, 5) is 8.33. The quantitative estimate of drug-likeness (QED) is 0.454. The van der Waals surface area contributed by atoms with Gasteiger partial charge in [-0.1, -0.05) is 0 Å². The molecule has 0 aromatic carbocycles. The van der Waals surface area contributed by atoms with Crippen molar-refractivity contribution in [3.63, 3.8) is 0 Å². The van der Waals surface area contributed by atoms with E-state index in [9.17, 15) is 0 Å². The Morgan fingerprint density at radius 3 is 1.43 bits per heavy atom. The number of hydrogen-bond donors (Lipinski definition) is 0. The van der Waals surface area contributed by atoms with E-state index in [1.54, 1.807) is 0 Å². The Balaban J connectivity index is -0.0000000480. The fourth-order valence-corrected chi connectivity index (χ4v) is 0. The van der Waals surface area contributed by atoms with Crippen molar-refractivity contribution in [1.82, 2.24) is 0 Å². The molecule has 0 aromatic rings. The SMILES string of the molecule is O=C([O-])[O-].[S]=[Zn].[Zn+2]. The summed E-state index contributed by atoms with van der Waals surface area (Å²) in [5.41, 5.74) is 0. The van der Waals surface area contributed by atoms with Gasteiger partial charge in [0.1, 0.15) is 0 Å².